The van der Waals surface area contributed by atoms with Crippen molar-refractivity contribution in [1.82, 2.24) is 10.6 Å². The van der Waals surface area contributed by atoms with Gasteiger partial charge >= 0.3 is 12.0 Å². The number of amides is 2. The third kappa shape index (κ3) is 3.74. The summed E-state index contributed by atoms with van der Waals surface area (Å²) in [4.78, 5) is 22.4. The molecule has 0 spiro atoms. The Morgan fingerprint density at radius 1 is 1.37 bits per heavy atom. The smallest absolute Gasteiger partial charge is 0.315 e. The Morgan fingerprint density at radius 2 is 2.16 bits per heavy atom. The van der Waals surface area contributed by atoms with E-state index in [2.05, 4.69) is 10.6 Å². The fourth-order valence-electron chi connectivity index (χ4n) is 2.32. The Balaban J connectivity index is 1.72. The van der Waals surface area contributed by atoms with Crippen LogP contribution in [0.3, 0.4) is 0 Å². The third-order valence-corrected chi connectivity index (χ3v) is 3.57. The molecule has 0 radical (unpaired) electrons. The predicted octanol–water partition coefficient (Wildman–Crippen LogP) is 1.72. The van der Waals surface area contributed by atoms with E-state index in [4.69, 9.17) is 9.52 Å². The van der Waals surface area contributed by atoms with Gasteiger partial charge < -0.3 is 20.2 Å². The number of hydrogen-bond acceptors (Lipinski definition) is 3. The summed E-state index contributed by atoms with van der Waals surface area (Å²) in [6.07, 6.45) is 4.41. The van der Waals surface area contributed by atoms with Crippen molar-refractivity contribution in [2.75, 3.05) is 6.54 Å². The fraction of sp³-hybridized carbons (Fsp3) is 0.538. The molecule has 0 atom stereocenters. The van der Waals surface area contributed by atoms with Crippen molar-refractivity contribution in [1.29, 1.82) is 0 Å². The van der Waals surface area contributed by atoms with Crippen molar-refractivity contribution in [2.24, 2.45) is 5.41 Å². The van der Waals surface area contributed by atoms with Gasteiger partial charge in [0.05, 0.1) is 19.2 Å². The van der Waals surface area contributed by atoms with Crippen molar-refractivity contribution in [3.63, 3.8) is 0 Å². The molecule has 1 aliphatic rings. The number of nitrogens with one attached hydrogen (secondary N) is 2. The molecular formula is C13H18N2O4. The lowest BCUT2D eigenvalue weighted by molar-refractivity contribution is -0.141. The van der Waals surface area contributed by atoms with Gasteiger partial charge in [-0.05, 0) is 30.4 Å². The SMILES string of the molecule is O=C(O)CC1(CNC(=O)NCc2ccco2)CCC1. The van der Waals surface area contributed by atoms with Gasteiger partial charge in [-0.15, -0.1) is 0 Å². The highest BCUT2D eigenvalue weighted by Gasteiger charge is 2.39. The van der Waals surface area contributed by atoms with Crippen LogP contribution in [-0.4, -0.2) is 23.7 Å². The van der Waals surface area contributed by atoms with Gasteiger partial charge in [-0.25, -0.2) is 4.79 Å². The van der Waals surface area contributed by atoms with Crippen LogP contribution in [-0.2, 0) is 11.3 Å². The van der Waals surface area contributed by atoms with E-state index in [0.29, 0.717) is 18.8 Å². The molecule has 1 heterocycles. The van der Waals surface area contributed by atoms with Crippen molar-refractivity contribution < 1.29 is 19.1 Å². The summed E-state index contributed by atoms with van der Waals surface area (Å²) in [5.41, 5.74) is -0.256. The molecule has 2 rings (SSSR count). The van der Waals surface area contributed by atoms with Crippen molar-refractivity contribution >= 4 is 12.0 Å². The molecule has 1 aromatic rings. The number of carboxylic acid groups (broad SMARTS) is 1. The van der Waals surface area contributed by atoms with E-state index in [-0.39, 0.29) is 17.9 Å². The molecule has 0 unspecified atom stereocenters. The second-order valence-corrected chi connectivity index (χ2v) is 5.04. The number of furan rings is 1. The molecule has 0 aromatic carbocycles. The molecule has 1 saturated carbocycles. The normalized spacial score (nSPS) is 16.4. The fourth-order valence-corrected chi connectivity index (χ4v) is 2.32. The number of hydrogen-bond donors (Lipinski definition) is 3. The van der Waals surface area contributed by atoms with Crippen LogP contribution in [0.1, 0.15) is 31.4 Å². The molecule has 1 aromatic heterocycles. The first-order valence-electron chi connectivity index (χ1n) is 6.36. The molecule has 2 amide bonds. The summed E-state index contributed by atoms with van der Waals surface area (Å²) in [6, 6.07) is 3.23. The number of rotatable bonds is 6. The van der Waals surface area contributed by atoms with Crippen molar-refractivity contribution in [3.8, 4) is 0 Å². The molecule has 19 heavy (non-hydrogen) atoms. The van der Waals surface area contributed by atoms with Gasteiger partial charge in [-0.1, -0.05) is 6.42 Å². The molecule has 0 saturated heterocycles. The van der Waals surface area contributed by atoms with Gasteiger partial charge in [-0.3, -0.25) is 4.79 Å². The Labute approximate surface area is 111 Å². The topological polar surface area (TPSA) is 91.6 Å². The molecule has 3 N–H and O–H groups in total. The van der Waals surface area contributed by atoms with Gasteiger partial charge in [0.2, 0.25) is 0 Å². The van der Waals surface area contributed by atoms with E-state index in [1.165, 1.54) is 0 Å². The predicted molar refractivity (Wildman–Crippen MR) is 67.5 cm³/mol. The van der Waals surface area contributed by atoms with Crippen LogP contribution >= 0.6 is 0 Å². The van der Waals surface area contributed by atoms with Gasteiger partial charge in [0, 0.05) is 6.54 Å². The van der Waals surface area contributed by atoms with Crippen molar-refractivity contribution in [2.45, 2.75) is 32.2 Å². The van der Waals surface area contributed by atoms with Gasteiger partial charge in [0.15, 0.2) is 0 Å². The van der Waals surface area contributed by atoms with Gasteiger partial charge in [0.1, 0.15) is 5.76 Å². The van der Waals surface area contributed by atoms with Crippen LogP contribution < -0.4 is 10.6 Å². The molecule has 0 aliphatic heterocycles. The minimum absolute atomic E-state index is 0.117. The van der Waals surface area contributed by atoms with E-state index in [1.54, 1.807) is 18.4 Å². The largest absolute Gasteiger partial charge is 0.481 e. The average Bonchev–Trinajstić information content (AvgIpc) is 2.82. The summed E-state index contributed by atoms with van der Waals surface area (Å²) >= 11 is 0. The van der Waals surface area contributed by atoms with Gasteiger partial charge in [0.25, 0.3) is 0 Å². The van der Waals surface area contributed by atoms with Crippen LogP contribution in [0.2, 0.25) is 0 Å². The first-order chi connectivity index (χ1) is 9.10. The second kappa shape index (κ2) is 5.77. The number of carbonyl (C=O) groups excluding carboxylic acids is 1. The number of carbonyl (C=O) groups is 2. The maximum Gasteiger partial charge on any atom is 0.315 e. The summed E-state index contributed by atoms with van der Waals surface area (Å²) in [5.74, 6) is -0.128. The lowest BCUT2D eigenvalue weighted by atomic mass is 9.66. The van der Waals surface area contributed by atoms with Gasteiger partial charge in [-0.2, -0.15) is 0 Å². The van der Waals surface area contributed by atoms with Crippen LogP contribution in [0.5, 0.6) is 0 Å². The average molecular weight is 266 g/mol. The number of aliphatic carboxylic acids is 1. The highest BCUT2D eigenvalue weighted by Crippen LogP contribution is 2.43. The molecule has 1 fully saturated rings. The first-order valence-corrected chi connectivity index (χ1v) is 6.36. The summed E-state index contributed by atoms with van der Waals surface area (Å²) in [6.45, 7) is 0.730. The lowest BCUT2D eigenvalue weighted by Crippen LogP contribution is -2.46. The number of carboxylic acids is 1. The van der Waals surface area contributed by atoms with E-state index in [1.807, 2.05) is 0 Å². The van der Waals surface area contributed by atoms with Crippen LogP contribution in [0.15, 0.2) is 22.8 Å². The minimum atomic E-state index is -0.808. The Hall–Kier alpha value is -1.98. The molecule has 0 bridgehead atoms. The Kier molecular flexibility index (Phi) is 4.09. The molecule has 1 aliphatic carbocycles. The maximum absolute atomic E-state index is 11.6. The highest BCUT2D eigenvalue weighted by atomic mass is 16.4. The van der Waals surface area contributed by atoms with Crippen LogP contribution in [0, 0.1) is 5.41 Å². The van der Waals surface area contributed by atoms with E-state index >= 15 is 0 Å². The van der Waals surface area contributed by atoms with E-state index in [0.717, 1.165) is 19.3 Å². The molecule has 104 valence electrons. The monoisotopic (exact) mass is 266 g/mol. The standard InChI is InChI=1S/C13H18N2O4/c16-11(17)7-13(4-2-5-13)9-15-12(18)14-8-10-3-1-6-19-10/h1,3,6H,2,4-5,7-9H2,(H,16,17)(H2,14,15,18). The first kappa shape index (κ1) is 13.5. The Morgan fingerprint density at radius 3 is 2.68 bits per heavy atom. The van der Waals surface area contributed by atoms with E-state index < -0.39 is 5.97 Å². The van der Waals surface area contributed by atoms with E-state index in [9.17, 15) is 9.59 Å². The lowest BCUT2D eigenvalue weighted by Gasteiger charge is -2.40. The molecule has 6 nitrogen and oxygen atoms in total. The molecule has 6 heteroatoms. The van der Waals surface area contributed by atoms with Crippen LogP contribution in [0.4, 0.5) is 4.79 Å². The summed E-state index contributed by atoms with van der Waals surface area (Å²) in [7, 11) is 0. The highest BCUT2D eigenvalue weighted by molar-refractivity contribution is 5.74. The minimum Gasteiger partial charge on any atom is -0.481 e. The maximum atomic E-state index is 11.6. The zero-order valence-electron chi connectivity index (χ0n) is 10.6. The zero-order valence-corrected chi connectivity index (χ0v) is 10.6. The summed E-state index contributed by atoms with van der Waals surface area (Å²) < 4.78 is 5.09. The summed E-state index contributed by atoms with van der Waals surface area (Å²) in [5, 5.41) is 14.3. The van der Waals surface area contributed by atoms with Crippen molar-refractivity contribution in [3.05, 3.63) is 24.2 Å². The molecular weight excluding hydrogens is 248 g/mol. The Bertz CT molecular complexity index is 438. The second-order valence-electron chi connectivity index (χ2n) is 5.04. The quantitative estimate of drug-likeness (QED) is 0.731. The number of urea groups is 1. The zero-order chi connectivity index (χ0) is 13.7. The van der Waals surface area contributed by atoms with Crippen LogP contribution in [0.25, 0.3) is 0 Å². The third-order valence-electron chi connectivity index (χ3n) is 3.57.